The normalized spacial score (nSPS) is 22.6. The van der Waals surface area contributed by atoms with Gasteiger partial charge in [-0.15, -0.1) is 0 Å². The molecule has 2 fully saturated rings. The number of likely N-dealkylation sites (N-methyl/N-ethyl adjacent to an activating group) is 1. The second-order valence-corrected chi connectivity index (χ2v) is 8.21. The van der Waals surface area contributed by atoms with Crippen LogP contribution in [0.15, 0.2) is 60.7 Å². The summed E-state index contributed by atoms with van der Waals surface area (Å²) in [6.45, 7) is 1.80. The van der Waals surface area contributed by atoms with E-state index in [1.54, 1.807) is 44.3 Å². The second kappa shape index (κ2) is 9.32. The van der Waals surface area contributed by atoms with Gasteiger partial charge in [0.25, 0.3) is 5.91 Å². The Hall–Kier alpha value is -3.88. The Morgan fingerprint density at radius 3 is 2.27 bits per heavy atom. The van der Waals surface area contributed by atoms with Crippen LogP contribution in [0.2, 0.25) is 0 Å². The molecule has 33 heavy (non-hydrogen) atoms. The summed E-state index contributed by atoms with van der Waals surface area (Å²) < 4.78 is 5.52. The molecule has 172 valence electrons. The smallest absolute Gasteiger partial charge is 0.411 e. The van der Waals surface area contributed by atoms with Crippen LogP contribution < -0.4 is 5.32 Å². The standard InChI is InChI=1S/C24H26N4O5/c1-16-22(30)26(2)14-20-27(24(32)33-15-17-9-5-3-6-10-17)13-19(23(31)28(16)20)25-21(29)18-11-7-4-8-12-18/h3-12,16,19-20H,13-15H2,1-2H3,(H,25,29)/t16-,19-,20+/m0/s1. The predicted octanol–water partition coefficient (Wildman–Crippen LogP) is 1.45. The highest BCUT2D eigenvalue weighted by molar-refractivity contribution is 5.99. The molecule has 1 N–H and O–H groups in total. The summed E-state index contributed by atoms with van der Waals surface area (Å²) in [5, 5.41) is 2.72. The molecule has 2 saturated heterocycles. The molecule has 0 aliphatic carbocycles. The SMILES string of the molecule is C[C@H]1C(=O)N(C)C[C@@H]2N(C(=O)OCc3ccccc3)C[C@H](NC(=O)c3ccccc3)C(=O)N21. The van der Waals surface area contributed by atoms with Crippen molar-refractivity contribution in [3.8, 4) is 0 Å². The van der Waals surface area contributed by atoms with Crippen LogP contribution >= 0.6 is 0 Å². The van der Waals surface area contributed by atoms with Crippen molar-refractivity contribution in [3.63, 3.8) is 0 Å². The average Bonchev–Trinajstić information content (AvgIpc) is 2.83. The first-order chi connectivity index (χ1) is 15.9. The summed E-state index contributed by atoms with van der Waals surface area (Å²) >= 11 is 0. The van der Waals surface area contributed by atoms with Crippen molar-refractivity contribution in [1.82, 2.24) is 20.0 Å². The number of hydrogen-bond donors (Lipinski definition) is 1. The van der Waals surface area contributed by atoms with Crippen LogP contribution in [0.5, 0.6) is 0 Å². The number of rotatable bonds is 4. The number of nitrogens with one attached hydrogen (secondary N) is 1. The van der Waals surface area contributed by atoms with Crippen LogP contribution in [-0.4, -0.2) is 76.9 Å². The van der Waals surface area contributed by atoms with Gasteiger partial charge < -0.3 is 19.9 Å². The number of ether oxygens (including phenoxy) is 1. The van der Waals surface area contributed by atoms with E-state index < -0.39 is 36.2 Å². The molecule has 0 bridgehead atoms. The van der Waals surface area contributed by atoms with Gasteiger partial charge in [0.1, 0.15) is 24.9 Å². The van der Waals surface area contributed by atoms with Gasteiger partial charge in [-0.1, -0.05) is 48.5 Å². The summed E-state index contributed by atoms with van der Waals surface area (Å²) in [5.74, 6) is -1.06. The van der Waals surface area contributed by atoms with Crippen LogP contribution in [0.4, 0.5) is 4.79 Å². The Morgan fingerprint density at radius 2 is 1.61 bits per heavy atom. The van der Waals surface area contributed by atoms with E-state index in [0.29, 0.717) is 5.56 Å². The Balaban J connectivity index is 1.56. The van der Waals surface area contributed by atoms with E-state index in [4.69, 9.17) is 4.74 Å². The van der Waals surface area contributed by atoms with Crippen LogP contribution in [0.3, 0.4) is 0 Å². The number of amides is 4. The maximum absolute atomic E-state index is 13.3. The molecule has 0 radical (unpaired) electrons. The zero-order chi connectivity index (χ0) is 23.5. The topological polar surface area (TPSA) is 99.3 Å². The summed E-state index contributed by atoms with van der Waals surface area (Å²) in [6, 6.07) is 16.0. The number of piperazine rings is 1. The van der Waals surface area contributed by atoms with Gasteiger partial charge in [0, 0.05) is 12.6 Å². The minimum atomic E-state index is -1.00. The van der Waals surface area contributed by atoms with Crippen molar-refractivity contribution < 1.29 is 23.9 Å². The van der Waals surface area contributed by atoms with Gasteiger partial charge in [-0.25, -0.2) is 4.79 Å². The predicted molar refractivity (Wildman–Crippen MR) is 119 cm³/mol. The molecule has 0 aromatic heterocycles. The number of carbonyl (C=O) groups is 4. The second-order valence-electron chi connectivity index (χ2n) is 8.21. The lowest BCUT2D eigenvalue weighted by Gasteiger charge is -2.52. The minimum absolute atomic E-state index is 0.0546. The zero-order valence-corrected chi connectivity index (χ0v) is 18.5. The fourth-order valence-corrected chi connectivity index (χ4v) is 4.22. The summed E-state index contributed by atoms with van der Waals surface area (Å²) in [6.07, 6.45) is -1.29. The Kier molecular flexibility index (Phi) is 6.30. The van der Waals surface area contributed by atoms with Gasteiger partial charge in [-0.3, -0.25) is 19.3 Å². The highest BCUT2D eigenvalue weighted by Crippen LogP contribution is 2.26. The fourth-order valence-electron chi connectivity index (χ4n) is 4.22. The van der Waals surface area contributed by atoms with Crippen molar-refractivity contribution in [2.75, 3.05) is 20.1 Å². The summed E-state index contributed by atoms with van der Waals surface area (Å²) in [4.78, 5) is 56.0. The molecule has 9 heteroatoms. The molecular weight excluding hydrogens is 424 g/mol. The van der Waals surface area contributed by atoms with E-state index in [1.807, 2.05) is 30.3 Å². The van der Waals surface area contributed by atoms with Crippen molar-refractivity contribution in [1.29, 1.82) is 0 Å². The Morgan fingerprint density at radius 1 is 0.970 bits per heavy atom. The third-order valence-electron chi connectivity index (χ3n) is 5.98. The fraction of sp³-hybridized carbons (Fsp3) is 0.333. The van der Waals surface area contributed by atoms with Gasteiger partial charge in [-0.05, 0) is 24.6 Å². The van der Waals surface area contributed by atoms with Gasteiger partial charge in [0.05, 0.1) is 13.1 Å². The molecule has 0 unspecified atom stereocenters. The molecule has 2 heterocycles. The third-order valence-corrected chi connectivity index (χ3v) is 5.98. The Labute approximate surface area is 191 Å². The number of carbonyl (C=O) groups excluding carboxylic acids is 4. The first-order valence-corrected chi connectivity index (χ1v) is 10.8. The molecule has 4 amide bonds. The lowest BCUT2D eigenvalue weighted by molar-refractivity contribution is -0.167. The summed E-state index contributed by atoms with van der Waals surface area (Å²) in [7, 11) is 1.64. The quantitative estimate of drug-likeness (QED) is 0.760. The number of benzene rings is 2. The summed E-state index contributed by atoms with van der Waals surface area (Å²) in [5.41, 5.74) is 1.22. The van der Waals surface area contributed by atoms with Gasteiger partial charge >= 0.3 is 6.09 Å². The van der Waals surface area contributed by atoms with Crippen LogP contribution in [0.25, 0.3) is 0 Å². The van der Waals surface area contributed by atoms with Crippen LogP contribution in [0.1, 0.15) is 22.8 Å². The molecule has 9 nitrogen and oxygen atoms in total. The lowest BCUT2D eigenvalue weighted by Crippen LogP contribution is -2.75. The minimum Gasteiger partial charge on any atom is -0.444 e. The molecule has 4 rings (SSSR count). The van der Waals surface area contributed by atoms with Crippen LogP contribution in [0, 0.1) is 0 Å². The van der Waals surface area contributed by atoms with E-state index in [0.717, 1.165) is 5.56 Å². The molecule has 3 atom stereocenters. The molecule has 2 aromatic rings. The van der Waals surface area contributed by atoms with E-state index >= 15 is 0 Å². The van der Waals surface area contributed by atoms with Crippen molar-refractivity contribution in [2.24, 2.45) is 0 Å². The van der Waals surface area contributed by atoms with Crippen LogP contribution in [-0.2, 0) is 20.9 Å². The van der Waals surface area contributed by atoms with Gasteiger partial charge in [0.2, 0.25) is 11.8 Å². The van der Waals surface area contributed by atoms with E-state index in [2.05, 4.69) is 5.32 Å². The molecule has 2 aliphatic rings. The average molecular weight is 450 g/mol. The van der Waals surface area contributed by atoms with Gasteiger partial charge in [-0.2, -0.15) is 0 Å². The Bertz CT molecular complexity index is 1050. The molecule has 2 aromatic carbocycles. The van der Waals surface area contributed by atoms with Crippen molar-refractivity contribution in [2.45, 2.75) is 31.8 Å². The highest BCUT2D eigenvalue weighted by atomic mass is 16.6. The third kappa shape index (κ3) is 4.52. The molecule has 0 spiro atoms. The number of hydrogen-bond acceptors (Lipinski definition) is 5. The van der Waals surface area contributed by atoms with E-state index in [9.17, 15) is 19.2 Å². The highest BCUT2D eigenvalue weighted by Gasteiger charge is 2.50. The lowest BCUT2D eigenvalue weighted by atomic mass is 10.0. The maximum atomic E-state index is 13.3. The van der Waals surface area contributed by atoms with Crippen molar-refractivity contribution in [3.05, 3.63) is 71.8 Å². The number of fused-ring (bicyclic) bond motifs is 1. The largest absolute Gasteiger partial charge is 0.444 e. The number of nitrogens with zero attached hydrogens (tertiary/aromatic N) is 3. The molecule has 2 aliphatic heterocycles. The van der Waals surface area contributed by atoms with E-state index in [-0.39, 0.29) is 25.6 Å². The first-order valence-electron chi connectivity index (χ1n) is 10.8. The molecule has 0 saturated carbocycles. The first kappa shape index (κ1) is 22.3. The monoisotopic (exact) mass is 450 g/mol. The van der Waals surface area contributed by atoms with Crippen molar-refractivity contribution >= 4 is 23.8 Å². The van der Waals surface area contributed by atoms with E-state index in [1.165, 1.54) is 14.7 Å². The maximum Gasteiger partial charge on any atom is 0.411 e. The van der Waals surface area contributed by atoms with Gasteiger partial charge in [0.15, 0.2) is 0 Å². The zero-order valence-electron chi connectivity index (χ0n) is 18.5. The molecular formula is C24H26N4O5.